The van der Waals surface area contributed by atoms with E-state index in [2.05, 4.69) is 26.6 Å². The standard InChI is InChI=1S/C22H23BrN2OS/c23-19-6-2-3-16-17(19)4-1-5-18(16)21(26)25-22(27)24-20-14-8-12-7-13(10-14)11-15(20)9-12/h1-6,12-15,20H,7-11H2,(H2,24,25,26,27). The van der Waals surface area contributed by atoms with Crippen molar-refractivity contribution in [3.8, 4) is 0 Å². The van der Waals surface area contributed by atoms with Crippen LogP contribution in [-0.4, -0.2) is 17.1 Å². The Bertz CT molecular complexity index is 900. The fraction of sp³-hybridized carbons (Fsp3) is 0.455. The van der Waals surface area contributed by atoms with E-state index < -0.39 is 0 Å². The predicted molar refractivity (Wildman–Crippen MR) is 116 cm³/mol. The molecule has 2 aromatic rings. The van der Waals surface area contributed by atoms with Gasteiger partial charge >= 0.3 is 0 Å². The van der Waals surface area contributed by atoms with E-state index in [9.17, 15) is 4.79 Å². The topological polar surface area (TPSA) is 41.1 Å². The molecular weight excluding hydrogens is 420 g/mol. The van der Waals surface area contributed by atoms with Crippen LogP contribution >= 0.6 is 28.1 Å². The molecule has 27 heavy (non-hydrogen) atoms. The minimum atomic E-state index is -0.139. The number of rotatable bonds is 2. The summed E-state index contributed by atoms with van der Waals surface area (Å²) in [5.74, 6) is 3.18. The first-order chi connectivity index (χ1) is 13.1. The lowest BCUT2D eigenvalue weighted by molar-refractivity contribution is -0.00692. The fourth-order valence-corrected chi connectivity index (χ4v) is 6.72. The first kappa shape index (κ1) is 17.6. The largest absolute Gasteiger partial charge is 0.359 e. The van der Waals surface area contributed by atoms with E-state index in [-0.39, 0.29) is 5.91 Å². The summed E-state index contributed by atoms with van der Waals surface area (Å²) < 4.78 is 0.990. The molecule has 0 atom stereocenters. The van der Waals surface area contributed by atoms with Gasteiger partial charge in [0, 0.05) is 16.1 Å². The highest BCUT2D eigenvalue weighted by Gasteiger charge is 2.48. The fourth-order valence-electron chi connectivity index (χ4n) is 5.99. The van der Waals surface area contributed by atoms with Crippen LogP contribution in [0, 0.1) is 23.7 Å². The second-order valence-corrected chi connectivity index (χ2v) is 9.79. The summed E-state index contributed by atoms with van der Waals surface area (Å²) in [5.41, 5.74) is 0.656. The molecule has 2 aromatic carbocycles. The van der Waals surface area contributed by atoms with Gasteiger partial charge in [0.05, 0.1) is 0 Å². The van der Waals surface area contributed by atoms with Crippen molar-refractivity contribution in [2.75, 3.05) is 0 Å². The van der Waals surface area contributed by atoms with Crippen molar-refractivity contribution in [3.63, 3.8) is 0 Å². The van der Waals surface area contributed by atoms with Gasteiger partial charge in [0.1, 0.15) is 0 Å². The van der Waals surface area contributed by atoms with E-state index in [1.807, 2.05) is 36.4 Å². The van der Waals surface area contributed by atoms with Crippen LogP contribution < -0.4 is 10.6 Å². The maximum absolute atomic E-state index is 12.9. The summed E-state index contributed by atoms with van der Waals surface area (Å²) in [7, 11) is 0. The third kappa shape index (κ3) is 3.19. The average molecular weight is 443 g/mol. The molecule has 0 radical (unpaired) electrons. The second-order valence-electron chi connectivity index (χ2n) is 8.52. The van der Waals surface area contributed by atoms with Crippen LogP contribution in [0.25, 0.3) is 10.8 Å². The van der Waals surface area contributed by atoms with Crippen LogP contribution in [0.15, 0.2) is 40.9 Å². The average Bonchev–Trinajstić information content (AvgIpc) is 2.64. The van der Waals surface area contributed by atoms with Gasteiger partial charge in [-0.25, -0.2) is 0 Å². The Morgan fingerprint density at radius 2 is 1.56 bits per heavy atom. The highest BCUT2D eigenvalue weighted by molar-refractivity contribution is 9.10. The van der Waals surface area contributed by atoms with Gasteiger partial charge < -0.3 is 5.32 Å². The Kier molecular flexibility index (Phi) is 4.47. The lowest BCUT2D eigenvalue weighted by Crippen LogP contribution is -2.57. The number of thiocarbonyl (C=S) groups is 1. The lowest BCUT2D eigenvalue weighted by atomic mass is 9.54. The number of amides is 1. The van der Waals surface area contributed by atoms with E-state index in [1.54, 1.807) is 0 Å². The number of carbonyl (C=O) groups excluding carboxylic acids is 1. The molecule has 0 aromatic heterocycles. The molecule has 4 saturated carbocycles. The molecule has 5 heteroatoms. The van der Waals surface area contributed by atoms with Gasteiger partial charge in [-0.2, -0.15) is 0 Å². The summed E-state index contributed by atoms with van der Waals surface area (Å²) in [5, 5.41) is 8.89. The van der Waals surface area contributed by atoms with Crippen LogP contribution in [0.3, 0.4) is 0 Å². The summed E-state index contributed by atoms with van der Waals surface area (Å²) in [6, 6.07) is 12.1. The smallest absolute Gasteiger partial charge is 0.258 e. The zero-order valence-electron chi connectivity index (χ0n) is 15.1. The molecule has 1 amide bonds. The Labute approximate surface area is 173 Å². The van der Waals surface area contributed by atoms with Gasteiger partial charge in [0.25, 0.3) is 5.91 Å². The van der Waals surface area contributed by atoms with E-state index in [0.29, 0.717) is 16.7 Å². The zero-order valence-corrected chi connectivity index (χ0v) is 17.5. The minimum absolute atomic E-state index is 0.139. The van der Waals surface area contributed by atoms with Crippen molar-refractivity contribution in [1.29, 1.82) is 0 Å². The zero-order chi connectivity index (χ0) is 18.5. The van der Waals surface area contributed by atoms with Gasteiger partial charge in [0.2, 0.25) is 0 Å². The van der Waals surface area contributed by atoms with Crippen LogP contribution in [-0.2, 0) is 0 Å². The first-order valence-corrected chi connectivity index (χ1v) is 11.1. The summed E-state index contributed by atoms with van der Waals surface area (Å²) in [4.78, 5) is 12.9. The number of fused-ring (bicyclic) bond motifs is 1. The summed E-state index contributed by atoms with van der Waals surface area (Å²) in [6.07, 6.45) is 6.77. The molecule has 140 valence electrons. The maximum atomic E-state index is 12.9. The third-order valence-corrected chi connectivity index (χ3v) is 7.78. The van der Waals surface area contributed by atoms with Gasteiger partial charge in [-0.1, -0.05) is 40.2 Å². The highest BCUT2D eigenvalue weighted by atomic mass is 79.9. The third-order valence-electron chi connectivity index (χ3n) is 6.87. The first-order valence-electron chi connectivity index (χ1n) is 9.87. The van der Waals surface area contributed by atoms with Crippen molar-refractivity contribution in [2.45, 2.75) is 38.1 Å². The number of nitrogens with one attached hydrogen (secondary N) is 2. The number of halogens is 1. The molecule has 0 aliphatic heterocycles. The molecule has 0 unspecified atom stereocenters. The Morgan fingerprint density at radius 3 is 2.26 bits per heavy atom. The quantitative estimate of drug-likeness (QED) is 0.640. The van der Waals surface area contributed by atoms with Gasteiger partial charge in [-0.15, -0.1) is 0 Å². The summed E-state index contributed by atoms with van der Waals surface area (Å²) >= 11 is 9.09. The van der Waals surface area contributed by atoms with Gasteiger partial charge in [-0.3, -0.25) is 10.1 Å². The van der Waals surface area contributed by atoms with E-state index in [1.165, 1.54) is 32.1 Å². The van der Waals surface area contributed by atoms with E-state index in [0.717, 1.165) is 38.9 Å². The lowest BCUT2D eigenvalue weighted by Gasteiger charge is -2.54. The normalized spacial score (nSPS) is 31.1. The predicted octanol–water partition coefficient (Wildman–Crippen LogP) is 5.03. The molecule has 0 spiro atoms. The Morgan fingerprint density at radius 1 is 0.926 bits per heavy atom. The number of hydrogen-bond acceptors (Lipinski definition) is 2. The van der Waals surface area contributed by atoms with Crippen LogP contribution in [0.1, 0.15) is 42.5 Å². The number of benzene rings is 2. The van der Waals surface area contributed by atoms with Gasteiger partial charge in [0.15, 0.2) is 5.11 Å². The number of carbonyl (C=O) groups is 1. The molecule has 0 heterocycles. The maximum Gasteiger partial charge on any atom is 0.258 e. The molecule has 2 N–H and O–H groups in total. The van der Waals surface area contributed by atoms with Crippen molar-refractivity contribution in [2.24, 2.45) is 23.7 Å². The molecule has 4 aliphatic rings. The SMILES string of the molecule is O=C(NC(=S)NC1C2CC3CC(C2)CC1C3)c1cccc2c(Br)cccc12. The van der Waals surface area contributed by atoms with Crippen molar-refractivity contribution >= 4 is 49.9 Å². The van der Waals surface area contributed by atoms with Crippen LogP contribution in [0.5, 0.6) is 0 Å². The Hall–Kier alpha value is -1.46. The molecule has 6 rings (SSSR count). The molecule has 4 bridgehead atoms. The monoisotopic (exact) mass is 442 g/mol. The van der Waals surface area contributed by atoms with Crippen molar-refractivity contribution in [1.82, 2.24) is 10.6 Å². The minimum Gasteiger partial charge on any atom is -0.359 e. The molecule has 3 nitrogen and oxygen atoms in total. The second kappa shape index (κ2) is 6.85. The van der Waals surface area contributed by atoms with E-state index in [4.69, 9.17) is 12.2 Å². The van der Waals surface area contributed by atoms with Gasteiger partial charge in [-0.05, 0) is 90.9 Å². The highest BCUT2D eigenvalue weighted by Crippen LogP contribution is 2.53. The number of hydrogen-bond donors (Lipinski definition) is 2. The molecule has 4 aliphatic carbocycles. The van der Waals surface area contributed by atoms with Crippen LogP contribution in [0.2, 0.25) is 0 Å². The molecular formula is C22H23BrN2OS. The van der Waals surface area contributed by atoms with E-state index >= 15 is 0 Å². The van der Waals surface area contributed by atoms with Crippen molar-refractivity contribution in [3.05, 3.63) is 46.4 Å². The Balaban J connectivity index is 1.30. The van der Waals surface area contributed by atoms with Crippen molar-refractivity contribution < 1.29 is 4.79 Å². The van der Waals surface area contributed by atoms with Crippen LogP contribution in [0.4, 0.5) is 0 Å². The summed E-state index contributed by atoms with van der Waals surface area (Å²) in [6.45, 7) is 0. The molecule has 0 saturated heterocycles. The molecule has 4 fully saturated rings.